The largest absolute Gasteiger partial charge is 0.393 e. The molecule has 1 rings (SSSR count). The Hall–Kier alpha value is -0.466. The molecule has 3 atom stereocenters. The van der Waals surface area contributed by atoms with Crippen molar-refractivity contribution in [3.8, 4) is 0 Å². The number of hydrogen-bond acceptors (Lipinski definition) is 3. The summed E-state index contributed by atoms with van der Waals surface area (Å²) < 4.78 is 1.99. The predicted molar refractivity (Wildman–Crippen MR) is 96.0 cm³/mol. The zero-order valence-corrected chi connectivity index (χ0v) is 17.7. The van der Waals surface area contributed by atoms with Gasteiger partial charge in [-0.05, 0) is 12.0 Å². The zero-order valence-electron chi connectivity index (χ0n) is 15.7. The van der Waals surface area contributed by atoms with Crippen LogP contribution in [0.3, 0.4) is 0 Å². The van der Waals surface area contributed by atoms with Gasteiger partial charge in [0.05, 0.1) is 12.0 Å². The molecular formula is C16H33NO3Si2. The molecule has 0 aliphatic carbocycles. The van der Waals surface area contributed by atoms with Crippen LogP contribution < -0.4 is 0 Å². The van der Waals surface area contributed by atoms with E-state index in [1.807, 2.05) is 24.2 Å². The maximum Gasteiger partial charge on any atom is 0.222 e. The molecule has 1 aliphatic rings. The summed E-state index contributed by atoms with van der Waals surface area (Å²) in [6.07, 6.45) is -0.281. The van der Waals surface area contributed by atoms with Gasteiger partial charge >= 0.3 is 0 Å². The number of β-lactam (4-membered cyclic amide) rings is 1. The molecule has 1 N–H and O–H groups in total. The number of rotatable bonds is 5. The first-order valence-electron chi connectivity index (χ1n) is 8.17. The van der Waals surface area contributed by atoms with Crippen LogP contribution in [0.2, 0.25) is 37.8 Å². The van der Waals surface area contributed by atoms with Crippen molar-refractivity contribution >= 4 is 27.6 Å². The van der Waals surface area contributed by atoms with Crippen molar-refractivity contribution in [3.63, 3.8) is 0 Å². The zero-order chi connectivity index (χ0) is 17.7. The molecule has 22 heavy (non-hydrogen) atoms. The molecule has 1 fully saturated rings. The third-order valence-corrected chi connectivity index (χ3v) is 12.8. The van der Waals surface area contributed by atoms with Crippen LogP contribution in [0, 0.1) is 5.92 Å². The molecule has 4 nitrogen and oxygen atoms in total. The Balaban J connectivity index is 3.12. The standard InChI is InChI=1S/C16H33NO3Si2/c1-11(18)14-12(10-13(19)21(5,6)7)17(15(14)20)22(8,9)16(2,3)4/h11-12,14,18H,10H2,1-9H3/t11-,12?,14?/m1/s1. The molecule has 1 heterocycles. The summed E-state index contributed by atoms with van der Waals surface area (Å²) in [5.41, 5.74) is 0. The van der Waals surface area contributed by atoms with Gasteiger partial charge < -0.3 is 14.5 Å². The lowest BCUT2D eigenvalue weighted by molar-refractivity contribution is -0.155. The van der Waals surface area contributed by atoms with E-state index in [4.69, 9.17) is 0 Å². The minimum absolute atomic E-state index is 0.0345. The van der Waals surface area contributed by atoms with E-state index in [9.17, 15) is 14.7 Å². The second-order valence-corrected chi connectivity index (χ2v) is 19.4. The van der Waals surface area contributed by atoms with Crippen molar-refractivity contribution in [1.82, 2.24) is 4.57 Å². The molecule has 0 saturated carbocycles. The molecule has 0 aromatic rings. The van der Waals surface area contributed by atoms with E-state index in [-0.39, 0.29) is 17.0 Å². The van der Waals surface area contributed by atoms with Crippen molar-refractivity contribution in [3.05, 3.63) is 0 Å². The van der Waals surface area contributed by atoms with Gasteiger partial charge in [-0.1, -0.05) is 53.5 Å². The van der Waals surface area contributed by atoms with E-state index < -0.39 is 28.3 Å². The Morgan fingerprint density at radius 1 is 1.23 bits per heavy atom. The monoisotopic (exact) mass is 343 g/mol. The number of carbonyl (C=O) groups excluding carboxylic acids is 2. The third kappa shape index (κ3) is 3.38. The number of carbonyl (C=O) groups is 2. The van der Waals surface area contributed by atoms with Gasteiger partial charge in [0, 0.05) is 12.5 Å². The number of aliphatic hydroxyl groups is 1. The van der Waals surface area contributed by atoms with Gasteiger partial charge in [0.1, 0.15) is 13.5 Å². The molecule has 0 bridgehead atoms. The molecular weight excluding hydrogens is 310 g/mol. The summed E-state index contributed by atoms with van der Waals surface area (Å²) in [7, 11) is -3.90. The summed E-state index contributed by atoms with van der Waals surface area (Å²) in [6, 6.07) is -0.118. The summed E-state index contributed by atoms with van der Waals surface area (Å²) in [5, 5.41) is 10.3. The molecule has 1 saturated heterocycles. The summed E-state index contributed by atoms with van der Waals surface area (Å²) in [5.74, 6) is -0.371. The molecule has 2 unspecified atom stereocenters. The first kappa shape index (κ1) is 19.6. The summed E-state index contributed by atoms with van der Waals surface area (Å²) in [4.78, 5) is 25.2. The Kier molecular flexibility index (Phi) is 5.22. The third-order valence-electron chi connectivity index (χ3n) is 5.46. The normalized spacial score (nSPS) is 25.0. The van der Waals surface area contributed by atoms with Crippen molar-refractivity contribution in [2.45, 2.75) is 84.0 Å². The Morgan fingerprint density at radius 3 is 2.00 bits per heavy atom. The van der Waals surface area contributed by atoms with Gasteiger partial charge in [0.25, 0.3) is 0 Å². The van der Waals surface area contributed by atoms with Crippen LogP contribution in [0.4, 0.5) is 0 Å². The average Bonchev–Trinajstić information content (AvgIpc) is 2.23. The van der Waals surface area contributed by atoms with Crippen molar-refractivity contribution in [2.75, 3.05) is 0 Å². The van der Waals surface area contributed by atoms with Crippen molar-refractivity contribution in [2.24, 2.45) is 5.92 Å². The second kappa shape index (κ2) is 5.87. The van der Waals surface area contributed by atoms with Gasteiger partial charge in [0.2, 0.25) is 5.91 Å². The van der Waals surface area contributed by atoms with Crippen LogP contribution >= 0.6 is 0 Å². The Bertz CT molecular complexity index is 461. The number of aliphatic hydroxyl groups excluding tert-OH is 1. The van der Waals surface area contributed by atoms with Gasteiger partial charge in [-0.3, -0.25) is 4.79 Å². The highest BCUT2D eigenvalue weighted by Crippen LogP contribution is 2.46. The molecule has 0 radical (unpaired) electrons. The molecule has 0 spiro atoms. The maximum absolute atomic E-state index is 12.6. The highest BCUT2D eigenvalue weighted by molar-refractivity contribution is 7.03. The molecule has 0 aromatic heterocycles. The fourth-order valence-corrected chi connectivity index (χ4v) is 6.19. The fourth-order valence-electron chi connectivity index (χ4n) is 2.86. The van der Waals surface area contributed by atoms with E-state index in [0.29, 0.717) is 11.8 Å². The average molecular weight is 344 g/mol. The van der Waals surface area contributed by atoms with Gasteiger partial charge in [-0.2, -0.15) is 0 Å². The van der Waals surface area contributed by atoms with Crippen LogP contribution in [0.5, 0.6) is 0 Å². The highest BCUT2D eigenvalue weighted by Gasteiger charge is 2.58. The predicted octanol–water partition coefficient (Wildman–Crippen LogP) is 3.04. The van der Waals surface area contributed by atoms with Gasteiger partial charge in [0.15, 0.2) is 8.24 Å². The Labute approximate surface area is 137 Å². The number of nitrogens with zero attached hydrogens (tertiary/aromatic N) is 1. The van der Waals surface area contributed by atoms with E-state index in [1.165, 1.54) is 0 Å². The quantitative estimate of drug-likeness (QED) is 0.616. The van der Waals surface area contributed by atoms with Crippen LogP contribution in [0.1, 0.15) is 34.1 Å². The fraction of sp³-hybridized carbons (Fsp3) is 0.875. The maximum atomic E-state index is 12.6. The minimum atomic E-state index is -2.03. The lowest BCUT2D eigenvalue weighted by Crippen LogP contribution is -2.75. The van der Waals surface area contributed by atoms with Gasteiger partial charge in [-0.25, -0.2) is 0 Å². The molecule has 128 valence electrons. The SMILES string of the molecule is C[C@@H](O)C1C(=O)N([Si](C)(C)C(C)(C)C)C1CC(=O)[Si](C)(C)C. The molecule has 1 aliphatic heterocycles. The smallest absolute Gasteiger partial charge is 0.222 e. The molecule has 6 heteroatoms. The lowest BCUT2D eigenvalue weighted by atomic mass is 9.84. The van der Waals surface area contributed by atoms with Crippen LogP contribution in [-0.2, 0) is 9.59 Å². The summed E-state index contributed by atoms with van der Waals surface area (Å²) >= 11 is 0. The van der Waals surface area contributed by atoms with Crippen LogP contribution in [-0.4, -0.2) is 49.4 Å². The van der Waals surface area contributed by atoms with E-state index in [2.05, 4.69) is 33.9 Å². The van der Waals surface area contributed by atoms with Gasteiger partial charge in [-0.15, -0.1) is 0 Å². The minimum Gasteiger partial charge on any atom is -0.393 e. The highest BCUT2D eigenvalue weighted by atomic mass is 28.3. The summed E-state index contributed by atoms with van der Waals surface area (Å²) in [6.45, 7) is 18.7. The topological polar surface area (TPSA) is 57.6 Å². The van der Waals surface area contributed by atoms with Crippen LogP contribution in [0.25, 0.3) is 0 Å². The van der Waals surface area contributed by atoms with Crippen molar-refractivity contribution in [1.29, 1.82) is 0 Å². The first-order valence-corrected chi connectivity index (χ1v) is 14.6. The molecule has 1 amide bonds. The van der Waals surface area contributed by atoms with Crippen molar-refractivity contribution < 1.29 is 14.7 Å². The number of amides is 1. The molecule has 0 aromatic carbocycles. The lowest BCUT2D eigenvalue weighted by Gasteiger charge is -2.59. The Morgan fingerprint density at radius 2 is 1.68 bits per heavy atom. The number of hydrogen-bond donors (Lipinski definition) is 1. The second-order valence-electron chi connectivity index (χ2n) is 9.23. The first-order chi connectivity index (χ1) is 9.62. The van der Waals surface area contributed by atoms with Crippen LogP contribution in [0.15, 0.2) is 0 Å². The van der Waals surface area contributed by atoms with E-state index in [0.717, 1.165) is 0 Å². The van der Waals surface area contributed by atoms with E-state index >= 15 is 0 Å². The van der Waals surface area contributed by atoms with E-state index in [1.54, 1.807) is 6.92 Å².